The van der Waals surface area contributed by atoms with Crippen LogP contribution in [0.1, 0.15) is 49.5 Å². The van der Waals surface area contributed by atoms with Crippen molar-refractivity contribution in [3.05, 3.63) is 51.1 Å². The van der Waals surface area contributed by atoms with Crippen molar-refractivity contribution in [3.8, 4) is 11.8 Å². The maximum atomic E-state index is 13.8. The van der Waals surface area contributed by atoms with Crippen molar-refractivity contribution in [1.29, 1.82) is 5.26 Å². The number of nitriles is 1. The van der Waals surface area contributed by atoms with Gasteiger partial charge in [0.2, 0.25) is 5.91 Å². The lowest BCUT2D eigenvalue weighted by Gasteiger charge is -2.22. The van der Waals surface area contributed by atoms with Gasteiger partial charge in [-0.05, 0) is 69.1 Å². The molecule has 1 saturated carbocycles. The molecule has 0 unspecified atom stereocenters. The minimum atomic E-state index is -0.834. The number of carbonyl (C=O) groups excluding carboxylic acids is 1. The molecule has 170 valence electrons. The fraction of sp³-hybridized carbons (Fsp3) is 0.440. The number of hydrogen-bond donors (Lipinski definition) is 1. The lowest BCUT2D eigenvalue weighted by atomic mass is 9.98. The molecular weight excluding hydrogens is 452 g/mol. The quantitative estimate of drug-likeness (QED) is 0.317. The molecule has 2 heterocycles. The average molecular weight is 479 g/mol. The molecule has 33 heavy (non-hydrogen) atoms. The third kappa shape index (κ3) is 4.32. The number of carbonyl (C=O) groups is 1. The molecule has 0 radical (unpaired) electrons. The van der Waals surface area contributed by atoms with Crippen LogP contribution in [0.4, 0.5) is 0 Å². The molecule has 6 nitrogen and oxygen atoms in total. The van der Waals surface area contributed by atoms with Crippen molar-refractivity contribution < 1.29 is 4.79 Å². The Kier molecular flexibility index (Phi) is 6.02. The Hall–Kier alpha value is -2.63. The summed E-state index contributed by atoms with van der Waals surface area (Å²) in [6.45, 7) is 1.79. The molecule has 0 saturated heterocycles. The fourth-order valence-corrected chi connectivity index (χ4v) is 6.72. The van der Waals surface area contributed by atoms with Gasteiger partial charge in [-0.3, -0.25) is 14.2 Å². The lowest BCUT2D eigenvalue weighted by molar-refractivity contribution is -0.119. The Bertz CT molecular complexity index is 1300. The number of nitrogens with zero attached hydrogens (tertiary/aromatic N) is 3. The summed E-state index contributed by atoms with van der Waals surface area (Å²) in [4.78, 5) is 33.4. The van der Waals surface area contributed by atoms with Crippen LogP contribution < -0.4 is 10.9 Å². The summed E-state index contributed by atoms with van der Waals surface area (Å²) in [5.41, 5.74) is 1.01. The first-order valence-corrected chi connectivity index (χ1v) is 13.3. The maximum absolute atomic E-state index is 13.8. The highest BCUT2D eigenvalue weighted by atomic mass is 32.2. The van der Waals surface area contributed by atoms with Crippen LogP contribution in [0.25, 0.3) is 15.9 Å². The highest BCUT2D eigenvalue weighted by Gasteiger charge is 2.43. The first kappa shape index (κ1) is 22.2. The zero-order chi connectivity index (χ0) is 23.0. The van der Waals surface area contributed by atoms with E-state index in [4.69, 9.17) is 4.98 Å². The molecule has 5 rings (SSSR count). The van der Waals surface area contributed by atoms with Crippen LogP contribution in [0.3, 0.4) is 0 Å². The van der Waals surface area contributed by atoms with E-state index in [1.54, 1.807) is 22.8 Å². The Morgan fingerprint density at radius 1 is 1.27 bits per heavy atom. The number of rotatable bonds is 6. The molecule has 1 amide bonds. The van der Waals surface area contributed by atoms with Crippen LogP contribution in [-0.4, -0.2) is 26.8 Å². The Morgan fingerprint density at radius 2 is 2.03 bits per heavy atom. The summed E-state index contributed by atoms with van der Waals surface area (Å²) in [5, 5.41) is 13.7. The van der Waals surface area contributed by atoms with Gasteiger partial charge in [0.15, 0.2) is 5.16 Å². The Labute approximate surface area is 201 Å². The number of benzene rings is 1. The highest BCUT2D eigenvalue weighted by molar-refractivity contribution is 7.99. The number of hydrogen-bond acceptors (Lipinski definition) is 6. The van der Waals surface area contributed by atoms with E-state index in [1.165, 1.54) is 23.1 Å². The summed E-state index contributed by atoms with van der Waals surface area (Å²) in [5.74, 6) is 0.0988. The van der Waals surface area contributed by atoms with E-state index in [2.05, 4.69) is 11.4 Å². The summed E-state index contributed by atoms with van der Waals surface area (Å²) in [6.07, 6.45) is 7.28. The third-order valence-electron chi connectivity index (χ3n) is 6.58. The van der Waals surface area contributed by atoms with Gasteiger partial charge in [-0.1, -0.05) is 36.4 Å². The highest BCUT2D eigenvalue weighted by Crippen LogP contribution is 2.39. The number of thiophene rings is 1. The number of nitrogens with one attached hydrogen (secondary N) is 1. The first-order chi connectivity index (χ1) is 16.0. The normalized spacial score (nSPS) is 17.6. The van der Waals surface area contributed by atoms with Crippen molar-refractivity contribution >= 4 is 39.2 Å². The molecule has 0 bridgehead atoms. The smallest absolute Gasteiger partial charge is 0.267 e. The van der Waals surface area contributed by atoms with Crippen molar-refractivity contribution in [2.45, 2.75) is 62.6 Å². The number of fused-ring (bicyclic) bond motifs is 3. The van der Waals surface area contributed by atoms with E-state index < -0.39 is 5.54 Å². The predicted molar refractivity (Wildman–Crippen MR) is 132 cm³/mol. The molecule has 8 heteroatoms. The largest absolute Gasteiger partial charge is 0.337 e. The average Bonchev–Trinajstić information content (AvgIpc) is 3.64. The molecule has 2 aliphatic rings. The molecule has 1 fully saturated rings. The summed E-state index contributed by atoms with van der Waals surface area (Å²) in [6, 6.07) is 11.8. The summed E-state index contributed by atoms with van der Waals surface area (Å²) in [7, 11) is 0. The van der Waals surface area contributed by atoms with Gasteiger partial charge >= 0.3 is 0 Å². The van der Waals surface area contributed by atoms with E-state index in [1.807, 2.05) is 30.3 Å². The van der Waals surface area contributed by atoms with Gasteiger partial charge in [-0.2, -0.15) is 5.26 Å². The molecule has 2 aliphatic carbocycles. The topological polar surface area (TPSA) is 87.8 Å². The molecule has 0 aliphatic heterocycles. The second-order valence-corrected chi connectivity index (χ2v) is 11.1. The van der Waals surface area contributed by atoms with Crippen molar-refractivity contribution in [3.63, 3.8) is 0 Å². The van der Waals surface area contributed by atoms with Crippen LogP contribution in [0, 0.1) is 17.2 Å². The van der Waals surface area contributed by atoms with Crippen LogP contribution in [0.5, 0.6) is 0 Å². The van der Waals surface area contributed by atoms with Gasteiger partial charge in [0.05, 0.1) is 22.9 Å². The predicted octanol–water partition coefficient (Wildman–Crippen LogP) is 4.62. The van der Waals surface area contributed by atoms with Gasteiger partial charge in [-0.25, -0.2) is 4.98 Å². The zero-order valence-electron chi connectivity index (χ0n) is 18.6. The van der Waals surface area contributed by atoms with Crippen molar-refractivity contribution in [2.75, 3.05) is 5.75 Å². The van der Waals surface area contributed by atoms with Gasteiger partial charge in [0.1, 0.15) is 10.4 Å². The second-order valence-electron chi connectivity index (χ2n) is 9.04. The summed E-state index contributed by atoms with van der Waals surface area (Å²) < 4.78 is 1.64. The molecule has 1 aromatic carbocycles. The first-order valence-electron chi connectivity index (χ1n) is 11.5. The lowest BCUT2D eigenvalue weighted by Crippen LogP contribution is -2.47. The van der Waals surface area contributed by atoms with Crippen molar-refractivity contribution in [2.24, 2.45) is 5.92 Å². The van der Waals surface area contributed by atoms with E-state index in [0.29, 0.717) is 5.16 Å². The SMILES string of the molecule is C[C@@](C#N)(NC(=O)CSc1nc2sc3c(c2c(=O)n1-c1ccccc1)CCCCC3)C1CC1. The van der Waals surface area contributed by atoms with Gasteiger partial charge in [-0.15, -0.1) is 11.3 Å². The van der Waals surface area contributed by atoms with E-state index >= 15 is 0 Å². The standard InChI is InChI=1S/C25H26N4O2S2/c1-25(15-26,16-12-13-16)28-20(30)14-32-24-27-22-21(18-10-6-3-7-11-19(18)33-22)23(31)29(24)17-8-4-2-5-9-17/h2,4-5,8-9,16H,3,6-7,10-14H2,1H3,(H,28,30)/t25-/m0/s1. The molecular formula is C25H26N4O2S2. The molecule has 0 spiro atoms. The maximum Gasteiger partial charge on any atom is 0.267 e. The Balaban J connectivity index is 1.51. The van der Waals surface area contributed by atoms with Gasteiger partial charge < -0.3 is 5.32 Å². The molecule has 2 aromatic heterocycles. The molecule has 3 aromatic rings. The monoisotopic (exact) mass is 478 g/mol. The third-order valence-corrected chi connectivity index (χ3v) is 8.70. The van der Waals surface area contributed by atoms with Gasteiger partial charge in [0.25, 0.3) is 5.56 Å². The number of aromatic nitrogens is 2. The molecule has 1 N–H and O–H groups in total. The Morgan fingerprint density at radius 3 is 2.76 bits per heavy atom. The zero-order valence-corrected chi connectivity index (χ0v) is 20.2. The number of aryl methyl sites for hydroxylation is 2. The number of amides is 1. The van der Waals surface area contributed by atoms with E-state index in [0.717, 1.165) is 60.0 Å². The van der Waals surface area contributed by atoms with E-state index in [-0.39, 0.29) is 23.1 Å². The molecule has 1 atom stereocenters. The number of thioether (sulfide) groups is 1. The minimum absolute atomic E-state index is 0.0617. The number of para-hydroxylation sites is 1. The summed E-state index contributed by atoms with van der Waals surface area (Å²) >= 11 is 2.87. The van der Waals surface area contributed by atoms with Gasteiger partial charge in [0, 0.05) is 4.88 Å². The van der Waals surface area contributed by atoms with Crippen LogP contribution in [0.2, 0.25) is 0 Å². The van der Waals surface area contributed by atoms with Crippen LogP contribution in [0.15, 0.2) is 40.3 Å². The van der Waals surface area contributed by atoms with Crippen LogP contribution >= 0.6 is 23.1 Å². The fourth-order valence-electron chi connectivity index (χ4n) is 4.60. The second kappa shape index (κ2) is 8.96. The van der Waals surface area contributed by atoms with Crippen molar-refractivity contribution in [1.82, 2.24) is 14.9 Å². The van der Waals surface area contributed by atoms with Crippen LogP contribution in [-0.2, 0) is 17.6 Å². The minimum Gasteiger partial charge on any atom is -0.337 e. The van der Waals surface area contributed by atoms with E-state index in [9.17, 15) is 14.9 Å².